The van der Waals surface area contributed by atoms with E-state index in [1.165, 1.54) is 0 Å². The van der Waals surface area contributed by atoms with E-state index in [-0.39, 0.29) is 23.7 Å². The van der Waals surface area contributed by atoms with Crippen LogP contribution in [0.2, 0.25) is 0 Å². The van der Waals surface area contributed by atoms with E-state index in [2.05, 4.69) is 0 Å². The maximum absolute atomic E-state index is 10.2. The molecule has 0 saturated carbocycles. The lowest BCUT2D eigenvalue weighted by Crippen LogP contribution is -2.48. The van der Waals surface area contributed by atoms with E-state index in [0.29, 0.717) is 0 Å². The zero-order valence-electron chi connectivity index (χ0n) is 10.9. The molecule has 1 N–H and O–H groups in total. The van der Waals surface area contributed by atoms with E-state index < -0.39 is 0 Å². The van der Waals surface area contributed by atoms with Gasteiger partial charge in [-0.2, -0.15) is 0 Å². The van der Waals surface area contributed by atoms with Gasteiger partial charge >= 0.3 is 0 Å². The number of hydrogen-bond donors (Lipinski definition) is 1. The molecule has 0 amide bonds. The number of ether oxygens (including phenoxy) is 3. The predicted octanol–water partition coefficient (Wildman–Crippen LogP) is 1.36. The molecule has 2 aliphatic heterocycles. The van der Waals surface area contributed by atoms with Crippen molar-refractivity contribution in [2.75, 3.05) is 26.9 Å². The Bertz CT molecular complexity index is 232. The largest absolute Gasteiger partial charge is 0.390 e. The topological polar surface area (TPSA) is 47.9 Å². The average Bonchev–Trinajstić information content (AvgIpc) is 2.38. The third kappa shape index (κ3) is 2.99. The summed E-state index contributed by atoms with van der Waals surface area (Å²) in [4.78, 5) is 0. The van der Waals surface area contributed by atoms with Crippen LogP contribution < -0.4 is 0 Å². The molecule has 17 heavy (non-hydrogen) atoms. The second-order valence-electron chi connectivity index (χ2n) is 5.33. The molecule has 0 bridgehead atoms. The predicted molar refractivity (Wildman–Crippen MR) is 63.9 cm³/mol. The van der Waals surface area contributed by atoms with E-state index >= 15 is 0 Å². The van der Waals surface area contributed by atoms with Crippen molar-refractivity contribution in [3.63, 3.8) is 0 Å². The molecule has 0 aromatic rings. The lowest BCUT2D eigenvalue weighted by molar-refractivity contribution is -0.167. The second-order valence-corrected chi connectivity index (χ2v) is 5.33. The lowest BCUT2D eigenvalue weighted by atomic mass is 9.77. The second kappa shape index (κ2) is 5.65. The highest BCUT2D eigenvalue weighted by molar-refractivity contribution is 4.92. The van der Waals surface area contributed by atoms with Crippen molar-refractivity contribution in [1.82, 2.24) is 0 Å². The van der Waals surface area contributed by atoms with Gasteiger partial charge in [-0.15, -0.1) is 0 Å². The summed E-state index contributed by atoms with van der Waals surface area (Å²) in [6, 6.07) is 0. The lowest BCUT2D eigenvalue weighted by Gasteiger charge is -2.45. The van der Waals surface area contributed by atoms with Crippen LogP contribution in [0.4, 0.5) is 0 Å². The first kappa shape index (κ1) is 13.3. The van der Waals surface area contributed by atoms with E-state index in [1.807, 2.05) is 6.92 Å². The van der Waals surface area contributed by atoms with Crippen molar-refractivity contribution in [1.29, 1.82) is 0 Å². The Labute approximate surface area is 103 Å². The fourth-order valence-electron chi connectivity index (χ4n) is 2.97. The molecule has 2 aliphatic rings. The standard InChI is InChI=1S/C13H24O4/c1-10(15-2)12(14)11-3-6-17-13(9-11)4-7-16-8-5-13/h10-12,14H,3-9H2,1-2H3. The molecule has 1 spiro atoms. The molecule has 2 heterocycles. The Morgan fingerprint density at radius 3 is 2.65 bits per heavy atom. The number of hydrogen-bond acceptors (Lipinski definition) is 4. The highest BCUT2D eigenvalue weighted by Gasteiger charge is 2.41. The van der Waals surface area contributed by atoms with Gasteiger partial charge in [0, 0.05) is 26.9 Å². The number of rotatable bonds is 3. The summed E-state index contributed by atoms with van der Waals surface area (Å²) < 4.78 is 16.6. The van der Waals surface area contributed by atoms with Gasteiger partial charge in [0.1, 0.15) is 0 Å². The summed E-state index contributed by atoms with van der Waals surface area (Å²) in [6.07, 6.45) is 3.29. The summed E-state index contributed by atoms with van der Waals surface area (Å²) in [5.41, 5.74) is -0.0460. The van der Waals surface area contributed by atoms with Crippen molar-refractivity contribution in [3.05, 3.63) is 0 Å². The minimum Gasteiger partial charge on any atom is -0.390 e. The van der Waals surface area contributed by atoms with Gasteiger partial charge in [0.25, 0.3) is 0 Å². The molecular formula is C13H24O4. The van der Waals surface area contributed by atoms with Crippen molar-refractivity contribution in [3.8, 4) is 0 Å². The van der Waals surface area contributed by atoms with Crippen LogP contribution in [0.1, 0.15) is 32.6 Å². The van der Waals surface area contributed by atoms with E-state index in [1.54, 1.807) is 7.11 Å². The first-order valence-corrected chi connectivity index (χ1v) is 6.59. The van der Waals surface area contributed by atoms with Crippen LogP contribution in [0.15, 0.2) is 0 Å². The molecule has 0 radical (unpaired) electrons. The molecule has 3 unspecified atom stereocenters. The van der Waals surface area contributed by atoms with Crippen molar-refractivity contribution in [2.24, 2.45) is 5.92 Å². The molecule has 2 saturated heterocycles. The van der Waals surface area contributed by atoms with Gasteiger partial charge in [-0.25, -0.2) is 0 Å². The summed E-state index contributed by atoms with van der Waals surface area (Å²) >= 11 is 0. The molecule has 2 fully saturated rings. The minimum atomic E-state index is -0.386. The maximum atomic E-state index is 10.2. The van der Waals surface area contributed by atoms with E-state index in [0.717, 1.165) is 45.5 Å². The van der Waals surface area contributed by atoms with Crippen molar-refractivity contribution < 1.29 is 19.3 Å². The van der Waals surface area contributed by atoms with Gasteiger partial charge < -0.3 is 19.3 Å². The fraction of sp³-hybridized carbons (Fsp3) is 1.00. The summed E-state index contributed by atoms with van der Waals surface area (Å²) in [6.45, 7) is 4.24. The normalized spacial score (nSPS) is 32.3. The summed E-state index contributed by atoms with van der Waals surface area (Å²) in [5, 5.41) is 10.2. The smallest absolute Gasteiger partial charge is 0.0828 e. The van der Waals surface area contributed by atoms with E-state index in [4.69, 9.17) is 14.2 Å². The number of methoxy groups -OCH3 is 1. The Balaban J connectivity index is 1.96. The molecule has 0 aromatic carbocycles. The third-order valence-corrected chi connectivity index (χ3v) is 4.27. The summed E-state index contributed by atoms with van der Waals surface area (Å²) in [7, 11) is 1.65. The molecular weight excluding hydrogens is 220 g/mol. The highest BCUT2D eigenvalue weighted by atomic mass is 16.5. The summed E-state index contributed by atoms with van der Waals surface area (Å²) in [5.74, 6) is 0.289. The number of aliphatic hydroxyl groups is 1. The van der Waals surface area contributed by atoms with Crippen molar-refractivity contribution >= 4 is 0 Å². The molecule has 0 aromatic heterocycles. The van der Waals surface area contributed by atoms with Crippen LogP contribution in [0.5, 0.6) is 0 Å². The Morgan fingerprint density at radius 1 is 1.29 bits per heavy atom. The Morgan fingerprint density at radius 2 is 2.00 bits per heavy atom. The molecule has 100 valence electrons. The van der Waals surface area contributed by atoms with Gasteiger partial charge in [0.15, 0.2) is 0 Å². The highest BCUT2D eigenvalue weighted by Crippen LogP contribution is 2.38. The Hall–Kier alpha value is -0.160. The van der Waals surface area contributed by atoms with Gasteiger partial charge in [-0.05, 0) is 38.5 Å². The van der Waals surface area contributed by atoms with Crippen LogP contribution in [-0.2, 0) is 14.2 Å². The van der Waals surface area contributed by atoms with Crippen LogP contribution in [0, 0.1) is 5.92 Å². The van der Waals surface area contributed by atoms with Crippen LogP contribution in [0.25, 0.3) is 0 Å². The van der Waals surface area contributed by atoms with Crippen LogP contribution in [0.3, 0.4) is 0 Å². The van der Waals surface area contributed by atoms with Crippen LogP contribution >= 0.6 is 0 Å². The minimum absolute atomic E-state index is 0.0460. The SMILES string of the molecule is COC(C)C(O)C1CCOC2(CCOCC2)C1. The fourth-order valence-corrected chi connectivity index (χ4v) is 2.97. The quantitative estimate of drug-likeness (QED) is 0.814. The first-order valence-electron chi connectivity index (χ1n) is 6.59. The van der Waals surface area contributed by atoms with Gasteiger partial charge in [0.05, 0.1) is 17.8 Å². The molecule has 2 rings (SSSR count). The maximum Gasteiger partial charge on any atom is 0.0828 e. The van der Waals surface area contributed by atoms with Crippen LogP contribution in [-0.4, -0.2) is 49.8 Å². The Kier molecular flexibility index (Phi) is 4.42. The van der Waals surface area contributed by atoms with E-state index in [9.17, 15) is 5.11 Å². The van der Waals surface area contributed by atoms with Gasteiger partial charge in [-0.3, -0.25) is 0 Å². The van der Waals surface area contributed by atoms with Crippen molar-refractivity contribution in [2.45, 2.75) is 50.4 Å². The zero-order valence-corrected chi connectivity index (χ0v) is 10.9. The molecule has 0 aliphatic carbocycles. The zero-order chi connectivity index (χ0) is 12.3. The number of aliphatic hydroxyl groups excluding tert-OH is 1. The van der Waals surface area contributed by atoms with Gasteiger partial charge in [-0.1, -0.05) is 0 Å². The first-order chi connectivity index (χ1) is 8.17. The molecule has 3 atom stereocenters. The third-order valence-electron chi connectivity index (χ3n) is 4.27. The average molecular weight is 244 g/mol. The van der Waals surface area contributed by atoms with Gasteiger partial charge in [0.2, 0.25) is 0 Å². The monoisotopic (exact) mass is 244 g/mol. The molecule has 4 nitrogen and oxygen atoms in total. The molecule has 4 heteroatoms.